The van der Waals surface area contributed by atoms with Gasteiger partial charge in [-0.1, -0.05) is 13.8 Å². The van der Waals surface area contributed by atoms with Crippen LogP contribution in [0.15, 0.2) is 0 Å². The highest BCUT2D eigenvalue weighted by molar-refractivity contribution is 5.74. The number of rotatable bonds is 4. The van der Waals surface area contributed by atoms with Crippen LogP contribution in [0, 0.1) is 35.5 Å². The second-order valence-corrected chi connectivity index (χ2v) is 6.89. The molecule has 2 bridgehead atoms. The first kappa shape index (κ1) is 13.9. The van der Waals surface area contributed by atoms with Crippen molar-refractivity contribution in [1.82, 2.24) is 0 Å². The van der Waals surface area contributed by atoms with Crippen molar-refractivity contribution < 1.29 is 19.1 Å². The molecule has 0 amide bonds. The molecule has 0 N–H and O–H groups in total. The molecule has 0 radical (unpaired) electrons. The van der Waals surface area contributed by atoms with Crippen molar-refractivity contribution in [3.63, 3.8) is 0 Å². The van der Waals surface area contributed by atoms with Crippen LogP contribution in [0.2, 0.25) is 0 Å². The third-order valence-electron chi connectivity index (χ3n) is 6.19. The molecule has 0 aromatic carbocycles. The standard InChI is InChI=1S/C16H24O4/c1-9-10(2)13-6-11(9)7-14(13)15(20-8-17)12-4-3-5-19-16(12)18/h8-15H,3-7H2,1-2H3. The zero-order valence-electron chi connectivity index (χ0n) is 12.3. The van der Waals surface area contributed by atoms with Crippen LogP contribution in [0.1, 0.15) is 39.5 Å². The summed E-state index contributed by atoms with van der Waals surface area (Å²) in [6.45, 7) is 5.66. The minimum absolute atomic E-state index is 0.174. The smallest absolute Gasteiger partial charge is 0.312 e. The quantitative estimate of drug-likeness (QED) is 0.586. The number of carbonyl (C=O) groups excluding carboxylic acids is 2. The second kappa shape index (κ2) is 5.38. The van der Waals surface area contributed by atoms with Gasteiger partial charge >= 0.3 is 5.97 Å². The van der Waals surface area contributed by atoms with Gasteiger partial charge in [-0.3, -0.25) is 9.59 Å². The van der Waals surface area contributed by atoms with Crippen molar-refractivity contribution >= 4 is 12.4 Å². The van der Waals surface area contributed by atoms with Gasteiger partial charge in [-0.2, -0.15) is 0 Å². The molecule has 0 aromatic rings. The average Bonchev–Trinajstić information content (AvgIpc) is 2.98. The van der Waals surface area contributed by atoms with E-state index in [0.717, 1.165) is 31.1 Å². The molecule has 0 aromatic heterocycles. The number of esters is 1. The van der Waals surface area contributed by atoms with Crippen LogP contribution >= 0.6 is 0 Å². The summed E-state index contributed by atoms with van der Waals surface area (Å²) in [7, 11) is 0. The van der Waals surface area contributed by atoms with Gasteiger partial charge in [0.05, 0.1) is 12.5 Å². The molecular weight excluding hydrogens is 256 g/mol. The zero-order chi connectivity index (χ0) is 14.3. The van der Waals surface area contributed by atoms with Crippen LogP contribution in [0.5, 0.6) is 0 Å². The molecule has 1 saturated heterocycles. The van der Waals surface area contributed by atoms with Gasteiger partial charge in [0.15, 0.2) is 0 Å². The van der Waals surface area contributed by atoms with Crippen molar-refractivity contribution in [2.75, 3.05) is 6.61 Å². The van der Waals surface area contributed by atoms with Crippen molar-refractivity contribution in [1.29, 1.82) is 0 Å². The molecule has 4 nitrogen and oxygen atoms in total. The molecule has 1 heterocycles. The van der Waals surface area contributed by atoms with E-state index in [1.807, 2.05) is 0 Å². The van der Waals surface area contributed by atoms with E-state index in [9.17, 15) is 9.59 Å². The van der Waals surface area contributed by atoms with E-state index < -0.39 is 0 Å². The van der Waals surface area contributed by atoms with E-state index in [0.29, 0.717) is 30.8 Å². The first-order valence-corrected chi connectivity index (χ1v) is 7.89. The predicted molar refractivity (Wildman–Crippen MR) is 72.7 cm³/mol. The van der Waals surface area contributed by atoms with Gasteiger partial charge in [-0.15, -0.1) is 0 Å². The lowest BCUT2D eigenvalue weighted by Gasteiger charge is -2.39. The minimum Gasteiger partial charge on any atom is -0.465 e. The maximum atomic E-state index is 12.0. The summed E-state index contributed by atoms with van der Waals surface area (Å²) in [4.78, 5) is 22.9. The van der Waals surface area contributed by atoms with E-state index >= 15 is 0 Å². The van der Waals surface area contributed by atoms with Crippen LogP contribution in [-0.2, 0) is 19.1 Å². The molecule has 4 heteroatoms. The van der Waals surface area contributed by atoms with Crippen LogP contribution < -0.4 is 0 Å². The first-order valence-electron chi connectivity index (χ1n) is 7.89. The van der Waals surface area contributed by atoms with E-state index in [4.69, 9.17) is 9.47 Å². The zero-order valence-corrected chi connectivity index (χ0v) is 12.3. The summed E-state index contributed by atoms with van der Waals surface area (Å²) in [5, 5.41) is 0. The number of ether oxygens (including phenoxy) is 2. The number of hydrogen-bond donors (Lipinski definition) is 0. The van der Waals surface area contributed by atoms with Crippen molar-refractivity contribution in [2.24, 2.45) is 35.5 Å². The molecule has 20 heavy (non-hydrogen) atoms. The molecule has 112 valence electrons. The Bertz CT molecular complexity index is 392. The van der Waals surface area contributed by atoms with Crippen LogP contribution in [0.4, 0.5) is 0 Å². The molecule has 1 aliphatic heterocycles. The van der Waals surface area contributed by atoms with Gasteiger partial charge in [0.1, 0.15) is 6.10 Å². The van der Waals surface area contributed by atoms with E-state index in [1.54, 1.807) is 0 Å². The first-order chi connectivity index (χ1) is 9.63. The van der Waals surface area contributed by atoms with Crippen LogP contribution in [0.3, 0.4) is 0 Å². The highest BCUT2D eigenvalue weighted by Crippen LogP contribution is 2.57. The number of fused-ring (bicyclic) bond motifs is 2. The summed E-state index contributed by atoms with van der Waals surface area (Å²) in [5.74, 6) is 2.66. The number of carbonyl (C=O) groups is 2. The molecule has 3 fully saturated rings. The second-order valence-electron chi connectivity index (χ2n) is 6.89. The fourth-order valence-corrected chi connectivity index (χ4v) is 4.93. The van der Waals surface area contributed by atoms with E-state index in [-0.39, 0.29) is 18.0 Å². The Kier molecular flexibility index (Phi) is 3.74. The normalized spacial score (nSPS) is 45.0. The van der Waals surface area contributed by atoms with Gasteiger partial charge in [-0.05, 0) is 49.4 Å². The Hall–Kier alpha value is -1.06. The fraction of sp³-hybridized carbons (Fsp3) is 0.875. The lowest BCUT2D eigenvalue weighted by molar-refractivity contribution is -0.166. The van der Waals surface area contributed by atoms with Gasteiger partial charge < -0.3 is 9.47 Å². The van der Waals surface area contributed by atoms with Gasteiger partial charge in [0.2, 0.25) is 0 Å². The largest absolute Gasteiger partial charge is 0.465 e. The Morgan fingerprint density at radius 2 is 2.10 bits per heavy atom. The van der Waals surface area contributed by atoms with Gasteiger partial charge in [0.25, 0.3) is 6.47 Å². The highest BCUT2D eigenvalue weighted by atomic mass is 16.5. The predicted octanol–water partition coefficient (Wildman–Crippen LogP) is 2.41. The molecule has 3 rings (SSSR count). The summed E-state index contributed by atoms with van der Waals surface area (Å²) >= 11 is 0. The summed E-state index contributed by atoms with van der Waals surface area (Å²) in [6, 6.07) is 0. The fourth-order valence-electron chi connectivity index (χ4n) is 4.93. The van der Waals surface area contributed by atoms with Gasteiger partial charge in [-0.25, -0.2) is 0 Å². The van der Waals surface area contributed by atoms with Gasteiger partial charge in [0, 0.05) is 5.92 Å². The molecule has 2 saturated carbocycles. The third-order valence-corrected chi connectivity index (χ3v) is 6.19. The van der Waals surface area contributed by atoms with E-state index in [1.165, 1.54) is 6.42 Å². The summed E-state index contributed by atoms with van der Waals surface area (Å²) in [5.41, 5.74) is 0. The SMILES string of the molecule is CC1C2CC(C1C)C(C(OC=O)C1CCCOC1=O)C2. The molecule has 7 unspecified atom stereocenters. The third kappa shape index (κ3) is 2.13. The summed E-state index contributed by atoms with van der Waals surface area (Å²) < 4.78 is 10.6. The Morgan fingerprint density at radius 3 is 2.70 bits per heavy atom. The molecular formula is C16H24O4. The molecule has 2 aliphatic carbocycles. The number of hydrogen-bond acceptors (Lipinski definition) is 4. The maximum Gasteiger partial charge on any atom is 0.312 e. The lowest BCUT2D eigenvalue weighted by atomic mass is 9.70. The monoisotopic (exact) mass is 280 g/mol. The minimum atomic E-state index is -0.273. The topological polar surface area (TPSA) is 52.6 Å². The highest BCUT2D eigenvalue weighted by Gasteiger charge is 2.54. The Balaban J connectivity index is 1.78. The summed E-state index contributed by atoms with van der Waals surface area (Å²) in [6.07, 6.45) is 3.72. The molecule has 0 spiro atoms. The Morgan fingerprint density at radius 1 is 1.30 bits per heavy atom. The van der Waals surface area contributed by atoms with Crippen molar-refractivity contribution in [2.45, 2.75) is 45.6 Å². The van der Waals surface area contributed by atoms with E-state index in [2.05, 4.69) is 13.8 Å². The Labute approximate surface area is 120 Å². The molecule has 3 aliphatic rings. The number of cyclic esters (lactones) is 1. The molecule has 7 atom stereocenters. The maximum absolute atomic E-state index is 12.0. The lowest BCUT2D eigenvalue weighted by Crippen LogP contribution is -2.43. The average molecular weight is 280 g/mol. The van der Waals surface area contributed by atoms with Crippen molar-refractivity contribution in [3.05, 3.63) is 0 Å². The van der Waals surface area contributed by atoms with Crippen LogP contribution in [0.25, 0.3) is 0 Å². The van der Waals surface area contributed by atoms with Crippen LogP contribution in [-0.4, -0.2) is 25.2 Å². The van der Waals surface area contributed by atoms with Crippen molar-refractivity contribution in [3.8, 4) is 0 Å².